The molecule has 0 saturated heterocycles. The van der Waals surface area contributed by atoms with Crippen molar-refractivity contribution < 1.29 is 5.11 Å². The number of aliphatic hydroxyl groups excluding tert-OH is 1. The minimum atomic E-state index is 0.110. The van der Waals surface area contributed by atoms with E-state index in [1.165, 1.54) is 0 Å². The van der Waals surface area contributed by atoms with Crippen molar-refractivity contribution in [2.75, 3.05) is 6.61 Å². The first kappa shape index (κ1) is 10.8. The van der Waals surface area contributed by atoms with Gasteiger partial charge in [-0.15, -0.1) is 0 Å². The fourth-order valence-corrected chi connectivity index (χ4v) is 1.24. The van der Waals surface area contributed by atoms with Crippen molar-refractivity contribution in [3.05, 3.63) is 40.4 Å². The summed E-state index contributed by atoms with van der Waals surface area (Å²) in [4.78, 5) is 0. The van der Waals surface area contributed by atoms with Crippen LogP contribution < -0.4 is 0 Å². The molecular weight excluding hydrogens is 198 g/mol. The predicted molar refractivity (Wildman–Crippen MR) is 56.9 cm³/mol. The highest BCUT2D eigenvalue weighted by atomic mass is 35.5. The summed E-state index contributed by atoms with van der Waals surface area (Å²) in [6, 6.07) is 7.17. The van der Waals surface area contributed by atoms with Crippen LogP contribution in [0.25, 0.3) is 6.08 Å². The molecule has 0 saturated carbocycles. The van der Waals surface area contributed by atoms with Gasteiger partial charge in [0, 0.05) is 11.6 Å². The lowest BCUT2D eigenvalue weighted by Crippen LogP contribution is -1.82. The lowest BCUT2D eigenvalue weighted by molar-refractivity contribution is 0.303. The van der Waals surface area contributed by atoms with Gasteiger partial charge < -0.3 is 5.11 Å². The predicted octanol–water partition coefficient (Wildman–Crippen LogP) is 2.61. The minimum Gasteiger partial charge on any atom is -0.396 e. The normalized spacial score (nSPS) is 10.4. The van der Waals surface area contributed by atoms with Crippen LogP contribution in [0.2, 0.25) is 5.02 Å². The van der Waals surface area contributed by atoms with Crippen LogP contribution in [0.3, 0.4) is 0 Å². The smallest absolute Gasteiger partial charge is 0.0997 e. The Balaban J connectivity index is 2.94. The van der Waals surface area contributed by atoms with Crippen molar-refractivity contribution in [2.24, 2.45) is 0 Å². The zero-order chi connectivity index (χ0) is 10.4. The van der Waals surface area contributed by atoms with Gasteiger partial charge in [-0.3, -0.25) is 0 Å². The van der Waals surface area contributed by atoms with Crippen LogP contribution >= 0.6 is 11.6 Å². The molecule has 1 aromatic rings. The molecule has 0 fully saturated rings. The van der Waals surface area contributed by atoms with E-state index in [0.29, 0.717) is 17.0 Å². The summed E-state index contributed by atoms with van der Waals surface area (Å²) in [6.07, 6.45) is 4.19. The molecule has 0 amide bonds. The van der Waals surface area contributed by atoms with E-state index in [0.717, 1.165) is 5.56 Å². The molecule has 3 heteroatoms. The zero-order valence-corrected chi connectivity index (χ0v) is 8.33. The molecule has 0 bridgehead atoms. The standard InChI is InChI=1S/C11H10ClNO/c12-11-5-4-10(8-13)9(7-11)3-1-2-6-14/h1,3-5,7,14H,2,6H2. The molecule has 0 aliphatic rings. The first-order valence-corrected chi connectivity index (χ1v) is 4.63. The Bertz CT molecular complexity index is 379. The monoisotopic (exact) mass is 207 g/mol. The summed E-state index contributed by atoms with van der Waals surface area (Å²) in [6.45, 7) is 0.110. The summed E-state index contributed by atoms with van der Waals surface area (Å²) >= 11 is 5.79. The van der Waals surface area contributed by atoms with Gasteiger partial charge in [-0.1, -0.05) is 23.8 Å². The lowest BCUT2D eigenvalue weighted by atomic mass is 10.1. The molecule has 0 aromatic heterocycles. The molecule has 0 atom stereocenters. The lowest BCUT2D eigenvalue weighted by Gasteiger charge is -1.97. The second-order valence-electron chi connectivity index (χ2n) is 2.76. The van der Waals surface area contributed by atoms with E-state index < -0.39 is 0 Å². The molecule has 0 spiro atoms. The van der Waals surface area contributed by atoms with E-state index in [-0.39, 0.29) is 6.61 Å². The Kier molecular flexibility index (Phi) is 4.18. The van der Waals surface area contributed by atoms with Gasteiger partial charge in [0.25, 0.3) is 0 Å². The molecule has 0 heterocycles. The topological polar surface area (TPSA) is 44.0 Å². The van der Waals surface area contributed by atoms with E-state index in [2.05, 4.69) is 6.07 Å². The highest BCUT2D eigenvalue weighted by molar-refractivity contribution is 6.30. The number of hydrogen-bond acceptors (Lipinski definition) is 2. The second kappa shape index (κ2) is 5.43. The van der Waals surface area contributed by atoms with E-state index in [1.807, 2.05) is 6.08 Å². The van der Waals surface area contributed by atoms with Crippen molar-refractivity contribution in [1.82, 2.24) is 0 Å². The van der Waals surface area contributed by atoms with Crippen LogP contribution in [0.4, 0.5) is 0 Å². The number of nitriles is 1. The van der Waals surface area contributed by atoms with Crippen LogP contribution in [0.5, 0.6) is 0 Å². The van der Waals surface area contributed by atoms with Crippen LogP contribution in [-0.4, -0.2) is 11.7 Å². The van der Waals surface area contributed by atoms with Crippen molar-refractivity contribution >= 4 is 17.7 Å². The average Bonchev–Trinajstić information content (AvgIpc) is 2.19. The van der Waals surface area contributed by atoms with Gasteiger partial charge in [-0.25, -0.2) is 0 Å². The molecule has 14 heavy (non-hydrogen) atoms. The van der Waals surface area contributed by atoms with Crippen molar-refractivity contribution in [3.63, 3.8) is 0 Å². The fraction of sp³-hybridized carbons (Fsp3) is 0.182. The number of hydrogen-bond donors (Lipinski definition) is 1. The van der Waals surface area contributed by atoms with Crippen LogP contribution in [0.1, 0.15) is 17.5 Å². The zero-order valence-electron chi connectivity index (χ0n) is 7.57. The van der Waals surface area contributed by atoms with Gasteiger partial charge in [-0.2, -0.15) is 5.26 Å². The third-order valence-electron chi connectivity index (χ3n) is 1.73. The summed E-state index contributed by atoms with van der Waals surface area (Å²) in [5.41, 5.74) is 1.37. The quantitative estimate of drug-likeness (QED) is 0.828. The van der Waals surface area contributed by atoms with Crippen LogP contribution in [0.15, 0.2) is 24.3 Å². The molecule has 1 aromatic carbocycles. The average molecular weight is 208 g/mol. The Hall–Kier alpha value is -1.30. The molecule has 0 unspecified atom stereocenters. The summed E-state index contributed by atoms with van der Waals surface area (Å²) < 4.78 is 0. The minimum absolute atomic E-state index is 0.110. The van der Waals surface area contributed by atoms with Crippen molar-refractivity contribution in [3.8, 4) is 6.07 Å². The number of nitrogens with zero attached hydrogens (tertiary/aromatic N) is 1. The van der Waals surface area contributed by atoms with Gasteiger partial charge in [0.05, 0.1) is 11.6 Å². The van der Waals surface area contributed by atoms with Gasteiger partial charge in [0.1, 0.15) is 0 Å². The van der Waals surface area contributed by atoms with Gasteiger partial charge in [0.2, 0.25) is 0 Å². The third kappa shape index (κ3) is 2.88. The number of halogens is 1. The van der Waals surface area contributed by atoms with Crippen LogP contribution in [-0.2, 0) is 0 Å². The van der Waals surface area contributed by atoms with Gasteiger partial charge in [0.15, 0.2) is 0 Å². The second-order valence-corrected chi connectivity index (χ2v) is 3.19. The highest BCUT2D eigenvalue weighted by Gasteiger charge is 1.98. The molecule has 2 nitrogen and oxygen atoms in total. The number of benzene rings is 1. The summed E-state index contributed by atoms with van der Waals surface area (Å²) in [7, 11) is 0. The van der Waals surface area contributed by atoms with Gasteiger partial charge in [-0.05, 0) is 30.2 Å². The first-order valence-electron chi connectivity index (χ1n) is 4.25. The van der Waals surface area contributed by atoms with E-state index in [1.54, 1.807) is 24.3 Å². The third-order valence-corrected chi connectivity index (χ3v) is 1.96. The maximum absolute atomic E-state index is 8.79. The molecular formula is C11H10ClNO. The van der Waals surface area contributed by atoms with E-state index >= 15 is 0 Å². The Morgan fingerprint density at radius 3 is 2.93 bits per heavy atom. The number of rotatable bonds is 3. The molecule has 72 valence electrons. The van der Waals surface area contributed by atoms with Crippen LogP contribution in [0, 0.1) is 11.3 Å². The molecule has 1 N–H and O–H groups in total. The van der Waals surface area contributed by atoms with Crippen molar-refractivity contribution in [2.45, 2.75) is 6.42 Å². The highest BCUT2D eigenvalue weighted by Crippen LogP contribution is 2.16. The van der Waals surface area contributed by atoms with E-state index in [9.17, 15) is 0 Å². The maximum Gasteiger partial charge on any atom is 0.0997 e. The SMILES string of the molecule is N#Cc1ccc(Cl)cc1C=CCCO. The molecule has 0 aliphatic carbocycles. The summed E-state index contributed by atoms with van der Waals surface area (Å²) in [5.74, 6) is 0. The molecule has 0 aliphatic heterocycles. The van der Waals surface area contributed by atoms with Crippen molar-refractivity contribution in [1.29, 1.82) is 5.26 Å². The van der Waals surface area contributed by atoms with E-state index in [4.69, 9.17) is 22.0 Å². The van der Waals surface area contributed by atoms with Gasteiger partial charge >= 0.3 is 0 Å². The molecule has 0 radical (unpaired) electrons. The Morgan fingerprint density at radius 1 is 1.50 bits per heavy atom. The number of aliphatic hydroxyl groups is 1. The largest absolute Gasteiger partial charge is 0.396 e. The fourth-order valence-electron chi connectivity index (χ4n) is 1.06. The Labute approximate surface area is 88.1 Å². The Morgan fingerprint density at radius 2 is 2.29 bits per heavy atom. The molecule has 1 rings (SSSR count). The summed E-state index contributed by atoms with van der Waals surface area (Å²) in [5, 5.41) is 18.0. The maximum atomic E-state index is 8.79. The first-order chi connectivity index (χ1) is 6.77.